The molecule has 2 fully saturated rings. The molecule has 1 aromatic heterocycles. The number of hydrogen-bond donors (Lipinski definition) is 3. The second kappa shape index (κ2) is 13.8. The van der Waals surface area contributed by atoms with Crippen LogP contribution in [0.3, 0.4) is 0 Å². The Morgan fingerprint density at radius 2 is 1.95 bits per heavy atom. The zero-order valence-electron chi connectivity index (χ0n) is 23.0. The van der Waals surface area contributed by atoms with Gasteiger partial charge in [-0.3, -0.25) is 14.4 Å². The van der Waals surface area contributed by atoms with E-state index in [4.69, 9.17) is 0 Å². The molecule has 3 amide bonds. The van der Waals surface area contributed by atoms with Gasteiger partial charge in [0.2, 0.25) is 12.3 Å². The van der Waals surface area contributed by atoms with Gasteiger partial charge < -0.3 is 21.1 Å². The molecule has 2 aliphatic rings. The minimum absolute atomic E-state index is 0.0463. The molecule has 0 spiro atoms. The number of carbonyl (C=O) groups is 3. The molecule has 2 atom stereocenters. The smallest absolute Gasteiger partial charge is 0.255 e. The number of β-amino-alcohol motifs (C(OH)–C–C–N with tert-alkyl or cyclic N) is 1. The number of amides is 3. The van der Waals surface area contributed by atoms with E-state index in [0.717, 1.165) is 37.1 Å². The van der Waals surface area contributed by atoms with Crippen molar-refractivity contribution in [1.29, 1.82) is 0 Å². The van der Waals surface area contributed by atoms with Gasteiger partial charge in [-0.15, -0.1) is 11.3 Å². The van der Waals surface area contributed by atoms with Gasteiger partial charge in [0.05, 0.1) is 28.2 Å². The molecule has 8 nitrogen and oxygen atoms in total. The highest BCUT2D eigenvalue weighted by molar-refractivity contribution is 7.13. The molecule has 0 radical (unpaired) electrons. The van der Waals surface area contributed by atoms with Crippen LogP contribution in [-0.2, 0) is 14.4 Å². The Morgan fingerprint density at radius 3 is 2.32 bits per heavy atom. The Bertz CT molecular complexity index is 1060. The molecule has 1 saturated heterocycles. The normalized spacial score (nSPS) is 18.3. The molecule has 10 heteroatoms. The van der Waals surface area contributed by atoms with Crippen LogP contribution in [0.1, 0.15) is 77.1 Å². The van der Waals surface area contributed by atoms with Crippen molar-refractivity contribution in [1.82, 2.24) is 15.2 Å². The number of alkyl halides is 1. The van der Waals surface area contributed by atoms with Crippen LogP contribution in [0, 0.1) is 12.3 Å². The predicted octanol–water partition coefficient (Wildman–Crippen LogP) is 4.31. The summed E-state index contributed by atoms with van der Waals surface area (Å²) in [5.41, 5.74) is 8.29. The quantitative estimate of drug-likeness (QED) is 0.445. The van der Waals surface area contributed by atoms with E-state index in [1.54, 1.807) is 16.2 Å². The van der Waals surface area contributed by atoms with Crippen LogP contribution in [-0.4, -0.2) is 58.1 Å². The molecule has 1 aliphatic heterocycles. The average molecular weight is 549 g/mol. The summed E-state index contributed by atoms with van der Waals surface area (Å²) < 4.78 is 12.1. The Morgan fingerprint density at radius 1 is 1.32 bits per heavy atom. The van der Waals surface area contributed by atoms with Crippen molar-refractivity contribution in [3.05, 3.63) is 41.0 Å². The molecule has 2 aromatic rings. The van der Waals surface area contributed by atoms with Crippen molar-refractivity contribution >= 4 is 29.6 Å². The lowest BCUT2D eigenvalue weighted by Crippen LogP contribution is -2.32. The van der Waals surface area contributed by atoms with E-state index >= 15 is 0 Å². The fourth-order valence-electron chi connectivity index (χ4n) is 3.87. The van der Waals surface area contributed by atoms with Crippen LogP contribution in [0.2, 0.25) is 0 Å². The summed E-state index contributed by atoms with van der Waals surface area (Å²) in [4.78, 5) is 39.3. The van der Waals surface area contributed by atoms with Crippen LogP contribution in [0.15, 0.2) is 29.8 Å². The molecule has 1 aromatic carbocycles. The standard InChI is InChI=1S/C14H16N2OS.C10H19NO2.C4H6FNO/c1-3-13(15-8-17)11-4-6-12(7-5-11)14-10(2)16-9-18-14;1-10(2,3)6-9(13)11-5-4-8(12)7-11;5-4(1-2-4)3(6)7/h4-9,13H,3H2,1-2H3,(H,15,17);8,12H,4-7H2,1-3H3;1-2H2,(H2,6,7). The molecule has 1 saturated carbocycles. The summed E-state index contributed by atoms with van der Waals surface area (Å²) in [6, 6.07) is 8.41. The third-order valence-corrected chi connectivity index (χ3v) is 7.30. The molecule has 2 heterocycles. The molecular formula is C28H41FN4O4S. The SMILES string of the molecule is CC(C)(C)CC(=O)N1CCC(O)C1.CCC(NC=O)c1ccc(-c2scnc2C)cc1.NC(=O)C1(F)CC1. The zero-order valence-corrected chi connectivity index (χ0v) is 23.8. The first kappa shape index (κ1) is 31.4. The van der Waals surface area contributed by atoms with E-state index in [2.05, 4.69) is 68.0 Å². The average Bonchev–Trinajstić information content (AvgIpc) is 3.23. The molecule has 4 rings (SSSR count). The monoisotopic (exact) mass is 548 g/mol. The number of thiazole rings is 1. The highest BCUT2D eigenvalue weighted by atomic mass is 32.1. The van der Waals surface area contributed by atoms with Crippen molar-refractivity contribution in [3.63, 3.8) is 0 Å². The number of nitrogens with one attached hydrogen (secondary N) is 1. The van der Waals surface area contributed by atoms with Crippen molar-refractivity contribution in [2.24, 2.45) is 11.1 Å². The number of benzene rings is 1. The van der Waals surface area contributed by atoms with Crippen LogP contribution < -0.4 is 11.1 Å². The molecule has 0 bridgehead atoms. The van der Waals surface area contributed by atoms with E-state index in [1.165, 1.54) is 10.4 Å². The van der Waals surface area contributed by atoms with Crippen molar-refractivity contribution in [3.8, 4) is 10.4 Å². The molecule has 2 unspecified atom stereocenters. The van der Waals surface area contributed by atoms with E-state index in [1.807, 2.05) is 12.4 Å². The number of hydrogen-bond acceptors (Lipinski definition) is 6. The second-order valence-corrected chi connectivity index (χ2v) is 11.8. The Balaban J connectivity index is 0.000000220. The number of aryl methyl sites for hydroxylation is 1. The molecule has 4 N–H and O–H groups in total. The van der Waals surface area contributed by atoms with Crippen LogP contribution in [0.25, 0.3) is 10.4 Å². The van der Waals surface area contributed by atoms with Crippen LogP contribution in [0.4, 0.5) is 4.39 Å². The first-order valence-corrected chi connectivity index (χ1v) is 13.8. The first-order chi connectivity index (χ1) is 17.8. The highest BCUT2D eigenvalue weighted by Crippen LogP contribution is 2.38. The lowest BCUT2D eigenvalue weighted by atomic mass is 9.92. The van der Waals surface area contributed by atoms with Gasteiger partial charge in [-0.2, -0.15) is 0 Å². The fourth-order valence-corrected chi connectivity index (χ4v) is 4.68. The van der Waals surface area contributed by atoms with Gasteiger partial charge >= 0.3 is 0 Å². The summed E-state index contributed by atoms with van der Waals surface area (Å²) in [7, 11) is 0. The topological polar surface area (TPSA) is 126 Å². The number of halogens is 1. The number of primary amides is 1. The lowest BCUT2D eigenvalue weighted by molar-refractivity contribution is -0.132. The lowest BCUT2D eigenvalue weighted by Gasteiger charge is -2.22. The number of rotatable bonds is 7. The summed E-state index contributed by atoms with van der Waals surface area (Å²) in [6.07, 6.45) is 3.29. The van der Waals surface area contributed by atoms with Crippen LogP contribution >= 0.6 is 11.3 Å². The summed E-state index contributed by atoms with van der Waals surface area (Å²) in [5, 5.41) is 12.1. The van der Waals surface area contributed by atoms with Gasteiger partial charge in [0.1, 0.15) is 0 Å². The van der Waals surface area contributed by atoms with Gasteiger partial charge in [-0.25, -0.2) is 9.37 Å². The third-order valence-electron chi connectivity index (χ3n) is 6.33. The Hall–Kier alpha value is -2.85. The maximum absolute atomic E-state index is 12.1. The van der Waals surface area contributed by atoms with E-state index in [0.29, 0.717) is 25.8 Å². The van der Waals surface area contributed by atoms with E-state index < -0.39 is 11.6 Å². The maximum atomic E-state index is 12.1. The fraction of sp³-hybridized carbons (Fsp3) is 0.571. The number of likely N-dealkylation sites (tertiary alicyclic amines) is 1. The predicted molar refractivity (Wildman–Crippen MR) is 148 cm³/mol. The zero-order chi connectivity index (χ0) is 28.5. The van der Waals surface area contributed by atoms with E-state index in [9.17, 15) is 23.9 Å². The third kappa shape index (κ3) is 9.79. The number of carbonyl (C=O) groups excluding carboxylic acids is 3. The molecule has 210 valence electrons. The number of nitrogens with zero attached hydrogens (tertiary/aromatic N) is 2. The second-order valence-electron chi connectivity index (χ2n) is 11.0. The van der Waals surface area contributed by atoms with Gasteiger partial charge in [-0.1, -0.05) is 52.0 Å². The largest absolute Gasteiger partial charge is 0.391 e. The molecule has 38 heavy (non-hydrogen) atoms. The van der Waals surface area contributed by atoms with Crippen LogP contribution in [0.5, 0.6) is 0 Å². The van der Waals surface area contributed by atoms with Gasteiger partial charge in [0.25, 0.3) is 5.91 Å². The van der Waals surface area contributed by atoms with Crippen molar-refractivity contribution < 1.29 is 23.9 Å². The minimum Gasteiger partial charge on any atom is -0.391 e. The summed E-state index contributed by atoms with van der Waals surface area (Å²) in [5.74, 6) is -0.642. The van der Waals surface area contributed by atoms with E-state index in [-0.39, 0.29) is 23.5 Å². The summed E-state index contributed by atoms with van der Waals surface area (Å²) in [6.45, 7) is 11.5. The Kier molecular flexibility index (Phi) is 11.4. The molecular weight excluding hydrogens is 507 g/mol. The molecule has 1 aliphatic carbocycles. The highest BCUT2D eigenvalue weighted by Gasteiger charge is 2.49. The Labute approximate surface area is 228 Å². The maximum Gasteiger partial charge on any atom is 0.255 e. The minimum atomic E-state index is -1.61. The van der Waals surface area contributed by atoms with Gasteiger partial charge in [0.15, 0.2) is 5.67 Å². The number of aromatic nitrogens is 1. The number of aliphatic hydroxyl groups is 1. The van der Waals surface area contributed by atoms with Crippen molar-refractivity contribution in [2.75, 3.05) is 13.1 Å². The van der Waals surface area contributed by atoms with Crippen molar-refractivity contribution in [2.45, 2.75) is 84.5 Å². The first-order valence-electron chi connectivity index (χ1n) is 12.9. The van der Waals surface area contributed by atoms with Gasteiger partial charge in [-0.05, 0) is 49.1 Å². The number of nitrogens with two attached hydrogens (primary N) is 1. The van der Waals surface area contributed by atoms with Gasteiger partial charge in [0, 0.05) is 19.5 Å². The number of aliphatic hydroxyl groups excluding tert-OH is 1. The summed E-state index contributed by atoms with van der Waals surface area (Å²) >= 11 is 1.65.